The molecule has 20 heavy (non-hydrogen) atoms. The molecule has 0 aliphatic heterocycles. The van der Waals surface area contributed by atoms with Crippen LogP contribution in [0.25, 0.3) is 0 Å². The lowest BCUT2D eigenvalue weighted by Gasteiger charge is -2.18. The molecule has 1 unspecified atom stereocenters. The maximum atomic E-state index is 4.57. The molecule has 1 atom stereocenters. The fourth-order valence-corrected chi connectivity index (χ4v) is 3.58. The highest BCUT2D eigenvalue weighted by Gasteiger charge is 2.18. The minimum Gasteiger partial charge on any atom is -0.306 e. The van der Waals surface area contributed by atoms with Gasteiger partial charge in [0.25, 0.3) is 0 Å². The van der Waals surface area contributed by atoms with E-state index in [0.29, 0.717) is 0 Å². The van der Waals surface area contributed by atoms with Crippen LogP contribution in [-0.4, -0.2) is 11.5 Å². The van der Waals surface area contributed by atoms with Gasteiger partial charge in [0.1, 0.15) is 0 Å². The van der Waals surface area contributed by atoms with Crippen LogP contribution in [0.3, 0.4) is 0 Å². The first-order chi connectivity index (χ1) is 9.65. The van der Waals surface area contributed by atoms with Crippen molar-refractivity contribution >= 4 is 11.3 Å². The van der Waals surface area contributed by atoms with Gasteiger partial charge in [-0.15, -0.1) is 11.3 Å². The molecule has 0 aliphatic carbocycles. The van der Waals surface area contributed by atoms with Gasteiger partial charge in [-0.2, -0.15) is 0 Å². The average Bonchev–Trinajstić information content (AvgIpc) is 2.76. The van der Waals surface area contributed by atoms with E-state index in [9.17, 15) is 0 Å². The molecule has 0 amide bonds. The van der Waals surface area contributed by atoms with Crippen molar-refractivity contribution in [2.75, 3.05) is 6.54 Å². The van der Waals surface area contributed by atoms with E-state index < -0.39 is 0 Å². The van der Waals surface area contributed by atoms with Gasteiger partial charge in [-0.3, -0.25) is 0 Å². The fraction of sp³-hybridized carbons (Fsp3) is 0.471. The Hall–Kier alpha value is -1.19. The zero-order valence-corrected chi connectivity index (χ0v) is 13.7. The van der Waals surface area contributed by atoms with Crippen LogP contribution in [0.2, 0.25) is 0 Å². The summed E-state index contributed by atoms with van der Waals surface area (Å²) in [6.07, 6.45) is 2.36. The number of benzene rings is 1. The number of rotatable bonds is 6. The molecule has 2 rings (SSSR count). The number of thiazole rings is 1. The minimum absolute atomic E-state index is 0.266. The summed E-state index contributed by atoms with van der Waals surface area (Å²) in [5, 5.41) is 4.73. The quantitative estimate of drug-likeness (QED) is 0.851. The molecule has 3 heteroatoms. The Labute approximate surface area is 126 Å². The summed E-state index contributed by atoms with van der Waals surface area (Å²) < 4.78 is 0. The Morgan fingerprint density at radius 3 is 2.35 bits per heavy atom. The third-order valence-electron chi connectivity index (χ3n) is 3.46. The lowest BCUT2D eigenvalue weighted by atomic mass is 10.0. The van der Waals surface area contributed by atoms with Gasteiger partial charge in [0.2, 0.25) is 0 Å². The molecule has 0 aliphatic rings. The molecular weight excluding hydrogens is 264 g/mol. The molecule has 0 radical (unpaired) electrons. The average molecular weight is 288 g/mol. The highest BCUT2D eigenvalue weighted by molar-refractivity contribution is 7.11. The monoisotopic (exact) mass is 288 g/mol. The van der Waals surface area contributed by atoms with E-state index >= 15 is 0 Å². The van der Waals surface area contributed by atoms with E-state index in [2.05, 4.69) is 62.3 Å². The van der Waals surface area contributed by atoms with Crippen LogP contribution in [0.15, 0.2) is 24.3 Å². The van der Waals surface area contributed by atoms with Crippen molar-refractivity contribution in [2.45, 2.75) is 46.6 Å². The van der Waals surface area contributed by atoms with Gasteiger partial charge in [-0.25, -0.2) is 4.98 Å². The predicted molar refractivity (Wildman–Crippen MR) is 87.5 cm³/mol. The summed E-state index contributed by atoms with van der Waals surface area (Å²) in [7, 11) is 0. The van der Waals surface area contributed by atoms with Crippen LogP contribution in [0, 0.1) is 13.8 Å². The van der Waals surface area contributed by atoms with E-state index in [-0.39, 0.29) is 6.04 Å². The van der Waals surface area contributed by atoms with Crippen LogP contribution in [-0.2, 0) is 6.42 Å². The lowest BCUT2D eigenvalue weighted by Crippen LogP contribution is -2.21. The maximum Gasteiger partial charge on any atom is 0.0900 e. The molecule has 108 valence electrons. The van der Waals surface area contributed by atoms with Crippen molar-refractivity contribution in [1.29, 1.82) is 0 Å². The van der Waals surface area contributed by atoms with Crippen LogP contribution >= 0.6 is 11.3 Å². The molecule has 1 aromatic carbocycles. The first-order valence-corrected chi connectivity index (χ1v) is 8.23. The lowest BCUT2D eigenvalue weighted by molar-refractivity contribution is 0.635. The number of hydrogen-bond donors (Lipinski definition) is 1. The molecule has 0 saturated carbocycles. The summed E-state index contributed by atoms with van der Waals surface area (Å²) in [5.41, 5.74) is 3.90. The second kappa shape index (κ2) is 7.00. The molecule has 0 saturated heterocycles. The Kier molecular flexibility index (Phi) is 5.32. The highest BCUT2D eigenvalue weighted by atomic mass is 32.1. The Balaban J connectivity index is 2.30. The molecule has 0 fully saturated rings. The second-order valence-electron chi connectivity index (χ2n) is 5.16. The van der Waals surface area contributed by atoms with Gasteiger partial charge in [-0.1, -0.05) is 44.5 Å². The Bertz CT molecular complexity index is 543. The normalized spacial score (nSPS) is 12.6. The van der Waals surface area contributed by atoms with Crippen molar-refractivity contribution in [1.82, 2.24) is 10.3 Å². The molecule has 0 bridgehead atoms. The third-order valence-corrected chi connectivity index (χ3v) is 4.60. The molecular formula is C17H24N2S. The zero-order valence-electron chi connectivity index (χ0n) is 12.9. The number of nitrogens with one attached hydrogen (secondary N) is 1. The van der Waals surface area contributed by atoms with Gasteiger partial charge in [0, 0.05) is 4.88 Å². The number of aromatic nitrogens is 1. The Morgan fingerprint density at radius 2 is 1.85 bits per heavy atom. The smallest absolute Gasteiger partial charge is 0.0900 e. The summed E-state index contributed by atoms with van der Waals surface area (Å²) in [6, 6.07) is 9.29. The summed E-state index contributed by atoms with van der Waals surface area (Å²) in [6.45, 7) is 9.52. The van der Waals surface area contributed by atoms with Gasteiger partial charge in [0.05, 0.1) is 16.7 Å². The van der Waals surface area contributed by atoms with Crippen LogP contribution in [0.4, 0.5) is 0 Å². The molecule has 1 N–H and O–H groups in total. The van der Waals surface area contributed by atoms with E-state index in [4.69, 9.17) is 0 Å². The third kappa shape index (κ3) is 3.47. The molecule has 2 aromatic rings. The van der Waals surface area contributed by atoms with Crippen molar-refractivity contribution in [3.8, 4) is 0 Å². The number of nitrogens with zero attached hydrogens (tertiary/aromatic N) is 1. The standard InChI is InChI=1S/C17H24N2S/c1-5-7-14-8-10-15(11-9-14)16(18-6-2)17-12(3)19-13(4)20-17/h8-11,16,18H,5-7H2,1-4H3. The zero-order chi connectivity index (χ0) is 14.5. The van der Waals surface area contributed by atoms with Crippen molar-refractivity contribution in [3.05, 3.63) is 51.0 Å². The highest BCUT2D eigenvalue weighted by Crippen LogP contribution is 2.30. The van der Waals surface area contributed by atoms with E-state index in [1.165, 1.54) is 22.4 Å². The molecule has 0 spiro atoms. The van der Waals surface area contributed by atoms with Gasteiger partial charge in [-0.05, 0) is 37.9 Å². The molecule has 1 aromatic heterocycles. The van der Waals surface area contributed by atoms with Gasteiger partial charge in [0.15, 0.2) is 0 Å². The summed E-state index contributed by atoms with van der Waals surface area (Å²) in [5.74, 6) is 0. The minimum atomic E-state index is 0.266. The largest absolute Gasteiger partial charge is 0.306 e. The fourth-order valence-electron chi connectivity index (χ4n) is 2.55. The first-order valence-electron chi connectivity index (χ1n) is 7.41. The van der Waals surface area contributed by atoms with Crippen LogP contribution in [0.1, 0.15) is 53.0 Å². The summed E-state index contributed by atoms with van der Waals surface area (Å²) >= 11 is 1.80. The van der Waals surface area contributed by atoms with Crippen LogP contribution in [0.5, 0.6) is 0 Å². The predicted octanol–water partition coefficient (Wildman–Crippen LogP) is 4.41. The van der Waals surface area contributed by atoms with E-state index in [1.807, 2.05) is 0 Å². The topological polar surface area (TPSA) is 24.9 Å². The maximum absolute atomic E-state index is 4.57. The van der Waals surface area contributed by atoms with E-state index in [0.717, 1.165) is 23.7 Å². The first kappa shape index (κ1) is 15.2. The van der Waals surface area contributed by atoms with Crippen molar-refractivity contribution < 1.29 is 0 Å². The SMILES string of the molecule is CCCc1ccc(C(NCC)c2sc(C)nc2C)cc1. The van der Waals surface area contributed by atoms with Crippen molar-refractivity contribution in [2.24, 2.45) is 0 Å². The van der Waals surface area contributed by atoms with Crippen LogP contribution < -0.4 is 5.32 Å². The molecule has 2 nitrogen and oxygen atoms in total. The van der Waals surface area contributed by atoms with Gasteiger partial charge >= 0.3 is 0 Å². The number of hydrogen-bond acceptors (Lipinski definition) is 3. The summed E-state index contributed by atoms with van der Waals surface area (Å²) in [4.78, 5) is 5.91. The second-order valence-corrected chi connectivity index (χ2v) is 6.40. The Morgan fingerprint density at radius 1 is 1.15 bits per heavy atom. The number of aryl methyl sites for hydroxylation is 3. The van der Waals surface area contributed by atoms with E-state index in [1.54, 1.807) is 11.3 Å². The van der Waals surface area contributed by atoms with Gasteiger partial charge < -0.3 is 5.32 Å². The molecule has 1 heterocycles. The van der Waals surface area contributed by atoms with Crippen molar-refractivity contribution in [3.63, 3.8) is 0 Å².